The fraction of sp³-hybridized carbons (Fsp3) is 0.706. The van der Waals surface area contributed by atoms with Gasteiger partial charge in [0, 0.05) is 6.54 Å². The van der Waals surface area contributed by atoms with Gasteiger partial charge in [-0.1, -0.05) is 19.4 Å². The third-order valence-corrected chi connectivity index (χ3v) is 5.15. The van der Waals surface area contributed by atoms with Crippen LogP contribution in [0.3, 0.4) is 0 Å². The predicted molar refractivity (Wildman–Crippen MR) is 88.1 cm³/mol. The minimum absolute atomic E-state index is 0.314. The molecule has 2 rings (SSSR count). The maximum absolute atomic E-state index is 12.7. The van der Waals surface area contributed by atoms with Crippen molar-refractivity contribution >= 4 is 17.8 Å². The molecule has 146 valence electrons. The molecule has 0 aromatic carbocycles. The molecule has 0 unspecified atom stereocenters. The number of nitrogens with zero attached hydrogens (tertiary/aromatic N) is 2. The molecule has 1 N–H and O–H groups in total. The van der Waals surface area contributed by atoms with E-state index >= 15 is 0 Å². The molecule has 4 amide bonds. The summed E-state index contributed by atoms with van der Waals surface area (Å²) in [4.78, 5) is 38.4. The molecule has 9 heteroatoms. The highest BCUT2D eigenvalue weighted by Crippen LogP contribution is 2.37. The first-order valence-electron chi connectivity index (χ1n) is 8.71. The quantitative estimate of drug-likeness (QED) is 0.573. The maximum atomic E-state index is 12.7. The molecule has 1 aliphatic carbocycles. The van der Waals surface area contributed by atoms with Gasteiger partial charge in [-0.15, -0.1) is 6.58 Å². The van der Waals surface area contributed by atoms with Gasteiger partial charge < -0.3 is 10.2 Å². The van der Waals surface area contributed by atoms with Crippen molar-refractivity contribution in [3.05, 3.63) is 12.7 Å². The highest BCUT2D eigenvalue weighted by Gasteiger charge is 2.52. The highest BCUT2D eigenvalue weighted by molar-refractivity contribution is 6.09. The van der Waals surface area contributed by atoms with E-state index in [4.69, 9.17) is 0 Å². The normalized spacial score (nSPS) is 26.2. The predicted octanol–water partition coefficient (Wildman–Crippen LogP) is 2.45. The number of hydrogen-bond acceptors (Lipinski definition) is 3. The summed E-state index contributed by atoms with van der Waals surface area (Å²) >= 11 is 0. The number of hydrogen-bond donors (Lipinski definition) is 1. The van der Waals surface area contributed by atoms with Crippen molar-refractivity contribution in [1.29, 1.82) is 0 Å². The minimum Gasteiger partial charge on any atom is -0.328 e. The van der Waals surface area contributed by atoms with Crippen LogP contribution in [0.25, 0.3) is 0 Å². The molecule has 0 bridgehead atoms. The van der Waals surface area contributed by atoms with Crippen LogP contribution < -0.4 is 5.32 Å². The van der Waals surface area contributed by atoms with Crippen LogP contribution in [-0.4, -0.2) is 59.0 Å². The molecule has 1 spiro atoms. The van der Waals surface area contributed by atoms with Crippen molar-refractivity contribution < 1.29 is 27.6 Å². The average Bonchev–Trinajstić information content (AvgIpc) is 2.78. The Morgan fingerprint density at radius 1 is 1.38 bits per heavy atom. The summed E-state index contributed by atoms with van der Waals surface area (Å²) in [5.74, 6) is -0.961. The molecule has 6 nitrogen and oxygen atoms in total. The minimum atomic E-state index is -4.57. The summed E-state index contributed by atoms with van der Waals surface area (Å²) in [5, 5.41) is 2.66. The number of alkyl halides is 3. The summed E-state index contributed by atoms with van der Waals surface area (Å²) in [6, 6.07) is -0.719. The van der Waals surface area contributed by atoms with Gasteiger partial charge >= 0.3 is 12.2 Å². The van der Waals surface area contributed by atoms with Crippen molar-refractivity contribution in [2.75, 3.05) is 19.6 Å². The lowest BCUT2D eigenvalue weighted by molar-refractivity contribution is -0.161. The Morgan fingerprint density at radius 2 is 2.00 bits per heavy atom. The van der Waals surface area contributed by atoms with E-state index in [-0.39, 0.29) is 6.54 Å². The second kappa shape index (κ2) is 7.67. The SMILES string of the molecule is C=CCN(CC(F)(F)F)C(=O)CN1C(=O)NC2(CCC(CC)CC2)C1=O. The Balaban J connectivity index is 2.06. The van der Waals surface area contributed by atoms with E-state index in [2.05, 4.69) is 18.8 Å². The number of carbonyl (C=O) groups is 3. The molecule has 1 saturated heterocycles. The molecular weight excluding hydrogens is 351 g/mol. The first-order chi connectivity index (χ1) is 12.1. The molecule has 1 aliphatic heterocycles. The summed E-state index contributed by atoms with van der Waals surface area (Å²) in [7, 11) is 0. The maximum Gasteiger partial charge on any atom is 0.406 e. The van der Waals surface area contributed by atoms with Gasteiger partial charge in [-0.3, -0.25) is 14.5 Å². The van der Waals surface area contributed by atoms with Crippen molar-refractivity contribution in [2.45, 2.75) is 50.7 Å². The number of urea groups is 1. The Labute approximate surface area is 150 Å². The van der Waals surface area contributed by atoms with Crippen LogP contribution in [0.4, 0.5) is 18.0 Å². The third-order valence-electron chi connectivity index (χ3n) is 5.15. The van der Waals surface area contributed by atoms with Gasteiger partial charge in [0.15, 0.2) is 0 Å². The smallest absolute Gasteiger partial charge is 0.328 e. The Hall–Kier alpha value is -2.06. The molecule has 1 saturated carbocycles. The van der Waals surface area contributed by atoms with E-state index in [1.54, 1.807) is 0 Å². The van der Waals surface area contributed by atoms with E-state index in [0.29, 0.717) is 23.7 Å². The molecule has 0 aromatic heterocycles. The number of amides is 4. The number of carbonyl (C=O) groups excluding carboxylic acids is 3. The monoisotopic (exact) mass is 375 g/mol. The zero-order valence-corrected chi connectivity index (χ0v) is 14.8. The Morgan fingerprint density at radius 3 is 2.50 bits per heavy atom. The Kier molecular flexibility index (Phi) is 5.98. The summed E-state index contributed by atoms with van der Waals surface area (Å²) in [5.41, 5.74) is -1.02. The molecule has 2 fully saturated rings. The van der Waals surface area contributed by atoms with Crippen LogP contribution in [0.15, 0.2) is 12.7 Å². The summed E-state index contributed by atoms with van der Waals surface area (Å²) < 4.78 is 37.9. The van der Waals surface area contributed by atoms with Crippen LogP contribution in [0, 0.1) is 5.92 Å². The highest BCUT2D eigenvalue weighted by atomic mass is 19.4. The first-order valence-corrected chi connectivity index (χ1v) is 8.71. The standard InChI is InChI=1S/C17H24F3N3O3/c1-3-9-22(11-17(18,19)20)13(24)10-23-14(25)16(21-15(23)26)7-5-12(4-2)6-8-16/h3,12H,1,4-11H2,2H3,(H,21,26). The van der Waals surface area contributed by atoms with E-state index in [0.717, 1.165) is 24.2 Å². The van der Waals surface area contributed by atoms with Crippen molar-refractivity contribution in [2.24, 2.45) is 5.92 Å². The molecule has 0 radical (unpaired) electrons. The zero-order valence-electron chi connectivity index (χ0n) is 14.8. The van der Waals surface area contributed by atoms with E-state index in [9.17, 15) is 27.6 Å². The third kappa shape index (κ3) is 4.37. The van der Waals surface area contributed by atoms with Crippen LogP contribution in [0.1, 0.15) is 39.0 Å². The fourth-order valence-corrected chi connectivity index (χ4v) is 3.60. The van der Waals surface area contributed by atoms with Crippen LogP contribution in [-0.2, 0) is 9.59 Å². The van der Waals surface area contributed by atoms with E-state index in [1.165, 1.54) is 6.08 Å². The molecule has 1 heterocycles. The largest absolute Gasteiger partial charge is 0.406 e. The van der Waals surface area contributed by atoms with Gasteiger partial charge in [-0.25, -0.2) is 4.79 Å². The van der Waals surface area contributed by atoms with Gasteiger partial charge in [0.2, 0.25) is 5.91 Å². The molecule has 2 aliphatic rings. The van der Waals surface area contributed by atoms with Crippen molar-refractivity contribution in [3.8, 4) is 0 Å². The van der Waals surface area contributed by atoms with Crippen molar-refractivity contribution in [1.82, 2.24) is 15.1 Å². The van der Waals surface area contributed by atoms with E-state index in [1.807, 2.05) is 0 Å². The summed E-state index contributed by atoms with van der Waals surface area (Å²) in [6.45, 7) is 2.94. The lowest BCUT2D eigenvalue weighted by Gasteiger charge is -2.34. The first kappa shape index (κ1) is 20.3. The van der Waals surface area contributed by atoms with Gasteiger partial charge in [-0.2, -0.15) is 13.2 Å². The molecular formula is C17H24F3N3O3. The molecule has 26 heavy (non-hydrogen) atoms. The van der Waals surface area contributed by atoms with Crippen molar-refractivity contribution in [3.63, 3.8) is 0 Å². The molecule has 0 aromatic rings. The number of rotatable bonds is 6. The van der Waals surface area contributed by atoms with Gasteiger partial charge in [-0.05, 0) is 31.6 Å². The number of nitrogens with one attached hydrogen (secondary N) is 1. The number of halogens is 3. The van der Waals surface area contributed by atoms with Gasteiger partial charge in [0.1, 0.15) is 18.6 Å². The average molecular weight is 375 g/mol. The number of imide groups is 1. The lowest BCUT2D eigenvalue weighted by Crippen LogP contribution is -2.50. The lowest BCUT2D eigenvalue weighted by atomic mass is 9.75. The second-order valence-electron chi connectivity index (χ2n) is 6.93. The van der Waals surface area contributed by atoms with Crippen LogP contribution >= 0.6 is 0 Å². The van der Waals surface area contributed by atoms with Gasteiger partial charge in [0.25, 0.3) is 5.91 Å². The van der Waals surface area contributed by atoms with Gasteiger partial charge in [0.05, 0.1) is 0 Å². The zero-order chi connectivity index (χ0) is 19.5. The van der Waals surface area contributed by atoms with Crippen LogP contribution in [0.5, 0.6) is 0 Å². The fourth-order valence-electron chi connectivity index (χ4n) is 3.60. The van der Waals surface area contributed by atoms with Crippen LogP contribution in [0.2, 0.25) is 0 Å². The summed E-state index contributed by atoms with van der Waals surface area (Å²) in [6.07, 6.45) is 0.147. The Bertz CT molecular complexity index is 584. The molecule has 0 atom stereocenters. The second-order valence-corrected chi connectivity index (χ2v) is 6.93. The topological polar surface area (TPSA) is 69.7 Å². The van der Waals surface area contributed by atoms with E-state index < -0.39 is 42.7 Å².